The van der Waals surface area contributed by atoms with E-state index in [4.69, 9.17) is 0 Å². The monoisotopic (exact) mass is 2080 g/mol. The molecule has 0 radical (unpaired) electrons. The number of carbonyl (C=O) groups is 7. The molecular formula is C115H108BrF8N5O16S. The zero-order valence-electron chi connectivity index (χ0n) is 81.4. The lowest BCUT2D eigenvalue weighted by Crippen LogP contribution is -2.43. The molecule has 6 atom stereocenters. The number of rotatable bonds is 24. The van der Waals surface area contributed by atoms with E-state index in [2.05, 4.69) is 171 Å². The normalized spacial score (nSPS) is 17.1. The number of hydrogen-bond acceptors (Lipinski definition) is 20. The van der Waals surface area contributed by atoms with E-state index < -0.39 is 74.7 Å². The Hall–Kier alpha value is -15.1. The molecular weight excluding hydrogens is 1970 g/mol. The standard InChI is InChI=1S/C34H34FN3O2.C30H27F4NO5S.C29H28FNO3.C11H9FO3.C7H4BrFO.C4H6O2/c1-4-37-21-28(20-36-37)26-11-15-30-27(19-26)17-22(2)38(29-12-9-25(10-13-29)24-7-8-24)34(30)31-14-5-23(18-32(31)35)6-16-33(39)40-3;1-18-15-22-17-24(40-41(37,38)30(32,33)34)11-13-25(22)29(35(18)23-9-7-21(8-10-23)20-5-6-20)26-12-3-19(16-27(26)31)4-14-28(36)39-2;1-18-15-22-17-24(32)11-13-25(22)29(31(18)23-9-7-21(8-10-23)20-5-6-20)26-12-3-19(16-27(26)30)4-14-28(33)34-2;1-15-11(14)5-3-8-2-4-9(7-13)10(12)6-8;8-6-2-1-5(4-10)7(9)3-6;1-3-4(5)6-2/h5-6,9-16,18-22,24,34H,4,7-8,17H2,1-3H3;3-4,7-14,16-18,20,29H,5-6,15H2,1-2H3;3-4,7-14,16-18,20,29,32H,5-6,15H2,1-2H3;2-7H,1H3;1-4H;3H,1H2,2H3/b16-6+;2*14-4+;5-3+;;. The van der Waals surface area contributed by atoms with Crippen molar-refractivity contribution in [1.82, 2.24) is 9.78 Å². The molecule has 6 unspecified atom stereocenters. The summed E-state index contributed by atoms with van der Waals surface area (Å²) in [5.41, 5.74) is 12.7. The summed E-state index contributed by atoms with van der Waals surface area (Å²) in [5.74, 6) is -3.11. The molecule has 3 saturated carbocycles. The van der Waals surface area contributed by atoms with Gasteiger partial charge in [-0.05, 0) is 315 Å². The van der Waals surface area contributed by atoms with Crippen LogP contribution in [0.3, 0.4) is 0 Å². The molecule has 31 heteroatoms. The minimum atomic E-state index is -5.85. The summed E-state index contributed by atoms with van der Waals surface area (Å²) in [6.45, 7) is 12.3. The van der Waals surface area contributed by atoms with Crippen molar-refractivity contribution < 1.29 is 110 Å². The zero-order chi connectivity index (χ0) is 105. The Balaban J connectivity index is 0.000000160. The van der Waals surface area contributed by atoms with Gasteiger partial charge in [-0.2, -0.15) is 26.7 Å². The number of esters is 5. The van der Waals surface area contributed by atoms with Gasteiger partial charge < -0.3 is 47.7 Å². The third-order valence-corrected chi connectivity index (χ3v) is 27.1. The maximum atomic E-state index is 15.9. The van der Waals surface area contributed by atoms with Crippen molar-refractivity contribution in [2.24, 2.45) is 0 Å². The van der Waals surface area contributed by atoms with E-state index in [-0.39, 0.29) is 58.7 Å². The number of fused-ring (bicyclic) bond motifs is 3. The molecule has 3 aliphatic carbocycles. The van der Waals surface area contributed by atoms with Crippen LogP contribution in [0, 0.1) is 29.1 Å². The van der Waals surface area contributed by atoms with Crippen LogP contribution in [-0.4, -0.2) is 125 Å². The lowest BCUT2D eigenvalue weighted by Gasteiger charge is -2.44. The van der Waals surface area contributed by atoms with Crippen LogP contribution in [0.15, 0.2) is 272 Å². The fourth-order valence-electron chi connectivity index (χ4n) is 17.8. The molecule has 0 saturated heterocycles. The van der Waals surface area contributed by atoms with Gasteiger partial charge in [-0.25, -0.2) is 45.9 Å². The van der Waals surface area contributed by atoms with E-state index in [1.807, 2.05) is 59.1 Å². The van der Waals surface area contributed by atoms with Gasteiger partial charge in [0.2, 0.25) is 0 Å². The molecule has 18 rings (SSSR count). The average molecular weight is 2080 g/mol. The van der Waals surface area contributed by atoms with Crippen LogP contribution in [0.1, 0.15) is 212 Å². The summed E-state index contributed by atoms with van der Waals surface area (Å²) in [4.78, 5) is 82.1. The summed E-state index contributed by atoms with van der Waals surface area (Å²) in [6.07, 6.45) is 26.2. The quantitative estimate of drug-likeness (QED) is 0.0112. The van der Waals surface area contributed by atoms with Gasteiger partial charge in [0.25, 0.3) is 0 Å². The van der Waals surface area contributed by atoms with Crippen molar-refractivity contribution in [3.8, 4) is 22.6 Å². The molecule has 0 bridgehead atoms. The first kappa shape index (κ1) is 108. The molecule has 12 aromatic rings. The topological polar surface area (TPSA) is 257 Å². The smallest absolute Gasteiger partial charge is 0.508 e. The highest BCUT2D eigenvalue weighted by Gasteiger charge is 2.49. The van der Waals surface area contributed by atoms with Crippen LogP contribution in [0.25, 0.3) is 35.4 Å². The Morgan fingerprint density at radius 1 is 0.425 bits per heavy atom. The molecule has 6 aliphatic rings. The predicted molar refractivity (Wildman–Crippen MR) is 548 cm³/mol. The summed E-state index contributed by atoms with van der Waals surface area (Å²) >= 11 is 3.07. The van der Waals surface area contributed by atoms with Crippen LogP contribution in [0.2, 0.25) is 0 Å². The van der Waals surface area contributed by atoms with E-state index in [0.29, 0.717) is 91.3 Å². The second-order valence-electron chi connectivity index (χ2n) is 35.6. The van der Waals surface area contributed by atoms with Crippen LogP contribution in [0.4, 0.5) is 52.2 Å². The number of aromatic hydroxyl groups is 1. The van der Waals surface area contributed by atoms with Gasteiger partial charge in [-0.3, -0.25) is 14.3 Å². The number of aldehydes is 2. The number of ether oxygens (including phenoxy) is 5. The van der Waals surface area contributed by atoms with Gasteiger partial charge in [-0.1, -0.05) is 132 Å². The van der Waals surface area contributed by atoms with E-state index in [9.17, 15) is 69.0 Å². The molecule has 1 aromatic heterocycles. The number of phenols is 1. The van der Waals surface area contributed by atoms with E-state index in [1.165, 1.54) is 181 Å². The molecule has 4 heterocycles. The second-order valence-corrected chi connectivity index (χ2v) is 38.0. The number of aromatic nitrogens is 2. The Morgan fingerprint density at radius 3 is 1.08 bits per heavy atom. The summed E-state index contributed by atoms with van der Waals surface area (Å²) in [6, 6.07) is 63.2. The number of methoxy groups -OCH3 is 5. The minimum Gasteiger partial charge on any atom is -0.508 e. The fraction of sp³-hybridized carbons (Fsp3) is 0.252. The molecule has 21 nitrogen and oxygen atoms in total. The van der Waals surface area contributed by atoms with Crippen LogP contribution >= 0.6 is 15.9 Å². The molecule has 0 amide bonds. The molecule has 11 aromatic carbocycles. The first-order chi connectivity index (χ1) is 70.0. The third-order valence-electron chi connectivity index (χ3n) is 25.6. The van der Waals surface area contributed by atoms with Gasteiger partial charge in [0.15, 0.2) is 12.6 Å². The van der Waals surface area contributed by atoms with Gasteiger partial charge in [0, 0.05) is 105 Å². The van der Waals surface area contributed by atoms with Gasteiger partial charge >= 0.3 is 45.5 Å². The van der Waals surface area contributed by atoms with Gasteiger partial charge in [-0.15, -0.1) is 0 Å². The highest BCUT2D eigenvalue weighted by molar-refractivity contribution is 9.10. The minimum absolute atomic E-state index is 0.00906. The molecule has 0 spiro atoms. The van der Waals surface area contributed by atoms with E-state index in [1.54, 1.807) is 48.6 Å². The summed E-state index contributed by atoms with van der Waals surface area (Å²) in [5, 5.41) is 14.5. The average Bonchev–Trinajstić information content (AvgIpc) is 1.02. The number of phenolic OH excluding ortho intramolecular Hbond substituents is 1. The Kier molecular flexibility index (Phi) is 36.3. The number of benzene rings is 11. The maximum Gasteiger partial charge on any atom is 0.534 e. The predicted octanol–water partition coefficient (Wildman–Crippen LogP) is 24.7. The lowest BCUT2D eigenvalue weighted by atomic mass is 9.83. The van der Waals surface area contributed by atoms with Crippen molar-refractivity contribution >= 4 is 110 Å². The van der Waals surface area contributed by atoms with Crippen molar-refractivity contribution in [1.29, 1.82) is 0 Å². The number of aryl methyl sites for hydroxylation is 1. The fourth-order valence-corrected chi connectivity index (χ4v) is 18.6. The SMILES string of the molecule is C=CC(=O)OC.CCn1cc(-c2ccc3c(c2)CC(C)N(c2ccc(C4CC4)cc2)C3c2ccc(/C=C/C(=O)OC)cc2F)cn1.COC(=O)/C=C/c1ccc(C2c3ccc(O)cc3CC(C)N2c2ccc(C3CC3)cc2)c(F)c1.COC(=O)/C=C/c1ccc(C2c3ccc(OS(=O)(=O)C(F)(F)F)cc3CC(C)N2c2ccc(C3CC3)cc2)c(F)c1.COC(=O)/C=C/c1ccc(C=O)c(F)c1.O=Cc1ccc(Br)cc1F. The van der Waals surface area contributed by atoms with Crippen LogP contribution in [0.5, 0.6) is 11.5 Å². The molecule has 3 aliphatic heterocycles. The largest absolute Gasteiger partial charge is 0.534 e. The Morgan fingerprint density at radius 2 is 0.760 bits per heavy atom. The van der Waals surface area contributed by atoms with Gasteiger partial charge in [0.1, 0.15) is 40.6 Å². The summed E-state index contributed by atoms with van der Waals surface area (Å²) < 4.78 is 164. The summed E-state index contributed by atoms with van der Waals surface area (Å²) in [7, 11) is 0.578. The van der Waals surface area contributed by atoms with Crippen molar-refractivity contribution in [3.05, 3.63) is 401 Å². The van der Waals surface area contributed by atoms with E-state index in [0.717, 1.165) is 89.2 Å². The number of anilines is 3. The highest BCUT2D eigenvalue weighted by Crippen LogP contribution is 2.50. The van der Waals surface area contributed by atoms with Crippen molar-refractivity contribution in [2.75, 3.05) is 50.2 Å². The third kappa shape index (κ3) is 27.5. The first-order valence-corrected chi connectivity index (χ1v) is 49.2. The molecule has 758 valence electrons. The first-order valence-electron chi connectivity index (χ1n) is 47.0. The zero-order valence-corrected chi connectivity index (χ0v) is 83.8. The Bertz CT molecular complexity index is 7020. The van der Waals surface area contributed by atoms with Crippen LogP contribution < -0.4 is 18.9 Å². The number of alkyl halides is 3. The van der Waals surface area contributed by atoms with Crippen molar-refractivity contribution in [2.45, 2.75) is 152 Å². The van der Waals surface area contributed by atoms with Gasteiger partial charge in [0.05, 0.1) is 71.0 Å². The second kappa shape index (κ2) is 49.0. The molecule has 1 N–H and O–H groups in total. The number of nitrogens with zero attached hydrogens (tertiary/aromatic N) is 5. The maximum absolute atomic E-state index is 15.9. The molecule has 3 fully saturated rings. The number of carbonyl (C=O) groups excluding carboxylic acids is 7. The lowest BCUT2D eigenvalue weighted by molar-refractivity contribution is -0.135. The van der Waals surface area contributed by atoms with Crippen molar-refractivity contribution in [3.63, 3.8) is 0 Å². The number of hydrogen-bond donors (Lipinski definition) is 1. The highest BCUT2D eigenvalue weighted by atomic mass is 79.9. The Labute approximate surface area is 850 Å². The molecule has 146 heavy (non-hydrogen) atoms. The van der Waals surface area contributed by atoms with Crippen LogP contribution in [-0.2, 0) is 83.6 Å². The van der Waals surface area contributed by atoms with E-state index >= 15 is 13.2 Å². The number of halogens is 9.